The van der Waals surface area contributed by atoms with E-state index in [1.165, 1.54) is 6.39 Å². The smallest absolute Gasteiger partial charge is 0.255 e. The van der Waals surface area contributed by atoms with E-state index in [4.69, 9.17) is 20.8 Å². The third kappa shape index (κ3) is 3.43. The molecule has 0 fully saturated rings. The molecule has 0 radical (unpaired) electrons. The Bertz CT molecular complexity index is 982. The van der Waals surface area contributed by atoms with Crippen LogP contribution >= 0.6 is 11.6 Å². The van der Waals surface area contributed by atoms with Gasteiger partial charge in [0.2, 0.25) is 0 Å². The second-order valence-electron chi connectivity index (χ2n) is 6.78. The fourth-order valence-corrected chi connectivity index (χ4v) is 3.47. The molecule has 27 heavy (non-hydrogen) atoms. The van der Waals surface area contributed by atoms with Crippen LogP contribution in [-0.4, -0.2) is 23.5 Å². The van der Waals surface area contributed by atoms with Crippen LogP contribution < -0.4 is 10.1 Å². The number of hydrogen-bond donors (Lipinski definition) is 1. The summed E-state index contributed by atoms with van der Waals surface area (Å²) in [4.78, 5) is 16.6. The van der Waals surface area contributed by atoms with Gasteiger partial charge in [0.05, 0.1) is 16.6 Å². The molecule has 0 bridgehead atoms. The van der Waals surface area contributed by atoms with Gasteiger partial charge in [-0.25, -0.2) is 4.98 Å². The van der Waals surface area contributed by atoms with Crippen LogP contribution in [0.2, 0.25) is 5.02 Å². The molecule has 0 spiro atoms. The van der Waals surface area contributed by atoms with E-state index in [-0.39, 0.29) is 11.9 Å². The number of hydrogen-bond acceptors (Lipinski definition) is 4. The first-order chi connectivity index (χ1) is 13.0. The Morgan fingerprint density at radius 3 is 2.78 bits per heavy atom. The van der Waals surface area contributed by atoms with Gasteiger partial charge >= 0.3 is 0 Å². The summed E-state index contributed by atoms with van der Waals surface area (Å²) in [6.45, 7) is 4.26. The van der Waals surface area contributed by atoms with E-state index in [9.17, 15) is 4.79 Å². The van der Waals surface area contributed by atoms with Crippen LogP contribution in [0.1, 0.15) is 34.0 Å². The number of benzene rings is 2. The summed E-state index contributed by atoms with van der Waals surface area (Å²) in [5.74, 6) is 0.320. The molecule has 3 aromatic rings. The van der Waals surface area contributed by atoms with Crippen LogP contribution in [0.3, 0.4) is 0 Å². The first-order valence-electron chi connectivity index (χ1n) is 8.76. The van der Waals surface area contributed by atoms with Crippen molar-refractivity contribution in [3.05, 3.63) is 70.3 Å². The SMILES string of the molecule is Cc1c(Cc2ccc(-c3cocn3)cc2)cc2c(c1Cl)OC[C@@H](C)NC2=O. The molecule has 0 saturated heterocycles. The third-order valence-electron chi connectivity index (χ3n) is 4.75. The molecule has 4 rings (SSSR count). The second kappa shape index (κ2) is 7.08. The number of halogens is 1. The highest BCUT2D eigenvalue weighted by Crippen LogP contribution is 2.36. The second-order valence-corrected chi connectivity index (χ2v) is 7.16. The van der Waals surface area contributed by atoms with Crippen LogP contribution in [0.25, 0.3) is 11.3 Å². The molecular formula is C21H19ClN2O3. The van der Waals surface area contributed by atoms with Crippen LogP contribution in [0.15, 0.2) is 47.4 Å². The average molecular weight is 383 g/mol. The van der Waals surface area contributed by atoms with Gasteiger partial charge in [-0.2, -0.15) is 0 Å². The van der Waals surface area contributed by atoms with Crippen molar-refractivity contribution < 1.29 is 13.9 Å². The molecule has 6 heteroatoms. The van der Waals surface area contributed by atoms with E-state index < -0.39 is 0 Å². The number of rotatable bonds is 3. The summed E-state index contributed by atoms with van der Waals surface area (Å²) >= 11 is 6.54. The minimum absolute atomic E-state index is 0.0613. The van der Waals surface area contributed by atoms with Gasteiger partial charge in [-0.15, -0.1) is 0 Å². The number of aromatic nitrogens is 1. The predicted molar refractivity (Wildman–Crippen MR) is 103 cm³/mol. The van der Waals surface area contributed by atoms with Gasteiger partial charge in [0, 0.05) is 5.56 Å². The van der Waals surface area contributed by atoms with Gasteiger partial charge in [-0.3, -0.25) is 4.79 Å². The Labute approximate surface area is 162 Å². The van der Waals surface area contributed by atoms with Crippen LogP contribution in [0, 0.1) is 6.92 Å². The molecule has 138 valence electrons. The summed E-state index contributed by atoms with van der Waals surface area (Å²) in [6.07, 6.45) is 3.70. The molecule has 1 aliphatic rings. The Morgan fingerprint density at radius 2 is 2.07 bits per heavy atom. The van der Waals surface area contributed by atoms with Crippen LogP contribution in [-0.2, 0) is 6.42 Å². The van der Waals surface area contributed by atoms with Crippen molar-refractivity contribution in [2.45, 2.75) is 26.3 Å². The van der Waals surface area contributed by atoms with E-state index in [1.807, 2.05) is 44.2 Å². The number of oxazole rings is 1. The maximum Gasteiger partial charge on any atom is 0.255 e. The number of ether oxygens (including phenoxy) is 1. The summed E-state index contributed by atoms with van der Waals surface area (Å²) < 4.78 is 10.8. The number of carbonyl (C=O) groups is 1. The predicted octanol–water partition coefficient (Wildman–Crippen LogP) is 4.40. The van der Waals surface area contributed by atoms with Gasteiger partial charge in [-0.1, -0.05) is 35.9 Å². The zero-order chi connectivity index (χ0) is 19.0. The van der Waals surface area contributed by atoms with Crippen molar-refractivity contribution in [2.24, 2.45) is 0 Å². The summed E-state index contributed by atoms with van der Waals surface area (Å²) in [7, 11) is 0. The van der Waals surface area contributed by atoms with Crippen LogP contribution in [0.4, 0.5) is 0 Å². The quantitative estimate of drug-likeness (QED) is 0.729. The van der Waals surface area contributed by atoms with E-state index in [0.717, 1.165) is 27.9 Å². The standard InChI is InChI=1S/C21H19ClN2O3/c1-12-9-27-20-17(21(25)24-12)8-16(13(2)19(20)22)7-14-3-5-15(6-4-14)18-10-26-11-23-18/h3-6,8,10-12H,7,9H2,1-2H3,(H,24,25)/t12-/m1/s1. The maximum atomic E-state index is 12.5. The van der Waals surface area contributed by atoms with Crippen LogP contribution in [0.5, 0.6) is 5.75 Å². The maximum absolute atomic E-state index is 12.5. The van der Waals surface area contributed by atoms with Crippen molar-refractivity contribution in [1.82, 2.24) is 10.3 Å². The van der Waals surface area contributed by atoms with Gasteiger partial charge in [0.1, 0.15) is 18.6 Å². The molecule has 1 aliphatic heterocycles. The molecule has 1 amide bonds. The molecule has 1 aromatic heterocycles. The highest BCUT2D eigenvalue weighted by Gasteiger charge is 2.25. The fraction of sp³-hybridized carbons (Fsp3) is 0.238. The summed E-state index contributed by atoms with van der Waals surface area (Å²) in [5.41, 5.74) is 5.33. The van der Waals surface area contributed by atoms with Gasteiger partial charge < -0.3 is 14.5 Å². The monoisotopic (exact) mass is 382 g/mol. The van der Waals surface area contributed by atoms with E-state index in [0.29, 0.717) is 29.4 Å². The van der Waals surface area contributed by atoms with E-state index >= 15 is 0 Å². The number of fused-ring (bicyclic) bond motifs is 1. The molecule has 5 nitrogen and oxygen atoms in total. The lowest BCUT2D eigenvalue weighted by molar-refractivity contribution is 0.0942. The molecule has 0 aliphatic carbocycles. The van der Waals surface area contributed by atoms with E-state index in [2.05, 4.69) is 10.3 Å². The van der Waals surface area contributed by atoms with Crippen molar-refractivity contribution in [3.63, 3.8) is 0 Å². The van der Waals surface area contributed by atoms with Crippen molar-refractivity contribution >= 4 is 17.5 Å². The molecular weight excluding hydrogens is 364 g/mol. The summed E-state index contributed by atoms with van der Waals surface area (Å²) in [5, 5.41) is 3.43. The Kier molecular flexibility index (Phi) is 4.62. The van der Waals surface area contributed by atoms with Gasteiger partial charge in [-0.05, 0) is 43.0 Å². The zero-order valence-corrected chi connectivity index (χ0v) is 15.8. The lowest BCUT2D eigenvalue weighted by Gasteiger charge is -2.15. The first kappa shape index (κ1) is 17.6. The lowest BCUT2D eigenvalue weighted by atomic mass is 9.96. The zero-order valence-electron chi connectivity index (χ0n) is 15.1. The van der Waals surface area contributed by atoms with E-state index in [1.54, 1.807) is 6.26 Å². The first-order valence-corrected chi connectivity index (χ1v) is 9.14. The Morgan fingerprint density at radius 1 is 1.30 bits per heavy atom. The molecule has 0 unspecified atom stereocenters. The highest BCUT2D eigenvalue weighted by molar-refractivity contribution is 6.33. The Hall–Kier alpha value is -2.79. The average Bonchev–Trinajstić information content (AvgIpc) is 3.15. The highest BCUT2D eigenvalue weighted by atomic mass is 35.5. The minimum atomic E-state index is -0.153. The van der Waals surface area contributed by atoms with Crippen molar-refractivity contribution in [1.29, 1.82) is 0 Å². The number of amides is 1. The topological polar surface area (TPSA) is 64.4 Å². The minimum Gasteiger partial charge on any atom is -0.489 e. The van der Waals surface area contributed by atoms with Gasteiger partial charge in [0.15, 0.2) is 12.1 Å². The normalized spacial score (nSPS) is 16.3. The Balaban J connectivity index is 1.65. The lowest BCUT2D eigenvalue weighted by Crippen LogP contribution is -2.33. The van der Waals surface area contributed by atoms with Gasteiger partial charge in [0.25, 0.3) is 5.91 Å². The molecule has 2 heterocycles. The largest absolute Gasteiger partial charge is 0.489 e. The molecule has 0 saturated carbocycles. The fourth-order valence-electron chi connectivity index (χ4n) is 3.19. The summed E-state index contributed by atoms with van der Waals surface area (Å²) in [6, 6.07) is 9.92. The number of carbonyl (C=O) groups excluding carboxylic acids is 1. The molecule has 1 atom stereocenters. The molecule has 2 aromatic carbocycles. The van der Waals surface area contributed by atoms with Crippen molar-refractivity contribution in [2.75, 3.05) is 6.61 Å². The number of nitrogens with zero attached hydrogens (tertiary/aromatic N) is 1. The number of nitrogens with one attached hydrogen (secondary N) is 1. The third-order valence-corrected chi connectivity index (χ3v) is 5.20. The molecule has 1 N–H and O–H groups in total. The van der Waals surface area contributed by atoms with Crippen molar-refractivity contribution in [3.8, 4) is 17.0 Å².